The van der Waals surface area contributed by atoms with Crippen LogP contribution >= 0.6 is 0 Å². The Morgan fingerprint density at radius 2 is 2.14 bits per heavy atom. The summed E-state index contributed by atoms with van der Waals surface area (Å²) in [4.78, 5) is 27.6. The Labute approximate surface area is 129 Å². The first kappa shape index (κ1) is 14.9. The van der Waals surface area contributed by atoms with Crippen LogP contribution in [0.5, 0.6) is 0 Å². The first-order valence-corrected chi connectivity index (χ1v) is 7.70. The van der Waals surface area contributed by atoms with Crippen LogP contribution in [0.2, 0.25) is 0 Å². The van der Waals surface area contributed by atoms with Gasteiger partial charge in [-0.15, -0.1) is 0 Å². The Morgan fingerprint density at radius 1 is 1.41 bits per heavy atom. The Bertz CT molecular complexity index is 563. The monoisotopic (exact) mass is 307 g/mol. The van der Waals surface area contributed by atoms with Crippen LogP contribution in [-0.2, 0) is 16.0 Å². The molecule has 1 atom stereocenters. The van der Waals surface area contributed by atoms with Gasteiger partial charge in [-0.3, -0.25) is 4.79 Å². The third kappa shape index (κ3) is 3.08. The molecule has 2 saturated heterocycles. The molecule has 3 heterocycles. The molecule has 0 aliphatic carbocycles. The number of aryl methyl sites for hydroxylation is 1. The zero-order chi connectivity index (χ0) is 15.7. The second-order valence-electron chi connectivity index (χ2n) is 6.07. The van der Waals surface area contributed by atoms with Crippen LogP contribution in [0.1, 0.15) is 31.2 Å². The summed E-state index contributed by atoms with van der Waals surface area (Å²) in [5.41, 5.74) is 0.781. The summed E-state index contributed by atoms with van der Waals surface area (Å²) >= 11 is 0. The van der Waals surface area contributed by atoms with Gasteiger partial charge in [-0.2, -0.15) is 0 Å². The lowest BCUT2D eigenvalue weighted by Gasteiger charge is -2.35. The summed E-state index contributed by atoms with van der Waals surface area (Å²) in [5.74, 6) is 0.647. The van der Waals surface area contributed by atoms with Gasteiger partial charge < -0.3 is 19.1 Å². The summed E-state index contributed by atoms with van der Waals surface area (Å²) in [7, 11) is 0. The number of carbonyl (C=O) groups excluding carboxylic acids is 2. The maximum Gasteiger partial charge on any atom is 0.410 e. The fourth-order valence-corrected chi connectivity index (χ4v) is 3.11. The normalized spacial score (nSPS) is 23.0. The Kier molecular flexibility index (Phi) is 4.04. The van der Waals surface area contributed by atoms with Crippen molar-refractivity contribution in [2.75, 3.05) is 19.6 Å². The number of aromatic nitrogens is 1. The van der Waals surface area contributed by atoms with Crippen LogP contribution in [0.25, 0.3) is 0 Å². The number of nitrogens with zero attached hydrogens (tertiary/aromatic N) is 3. The summed E-state index contributed by atoms with van der Waals surface area (Å²) in [6.45, 7) is 5.70. The minimum atomic E-state index is -0.227. The van der Waals surface area contributed by atoms with Crippen molar-refractivity contribution in [3.8, 4) is 0 Å². The van der Waals surface area contributed by atoms with Gasteiger partial charge in [0.05, 0.1) is 18.7 Å². The molecular formula is C15H21N3O4. The molecule has 7 heteroatoms. The summed E-state index contributed by atoms with van der Waals surface area (Å²) in [5, 5.41) is 3.79. The van der Waals surface area contributed by atoms with Gasteiger partial charge in [0, 0.05) is 25.2 Å². The standard InChI is InChI=1S/C15H21N3O4/c1-10-7-13(22-16-10)8-14(19)17-5-3-12(4-6-17)18-9-11(2)21-15(18)20/h7,11-12H,3-6,8-9H2,1-2H3. The Morgan fingerprint density at radius 3 is 2.68 bits per heavy atom. The molecule has 0 aromatic carbocycles. The van der Waals surface area contributed by atoms with Gasteiger partial charge in [-0.25, -0.2) is 4.79 Å². The van der Waals surface area contributed by atoms with E-state index in [1.54, 1.807) is 11.0 Å². The molecule has 22 heavy (non-hydrogen) atoms. The topological polar surface area (TPSA) is 75.9 Å². The summed E-state index contributed by atoms with van der Waals surface area (Å²) in [6.07, 6.45) is 1.57. The smallest absolute Gasteiger partial charge is 0.410 e. The second-order valence-corrected chi connectivity index (χ2v) is 6.07. The van der Waals surface area contributed by atoms with Crippen molar-refractivity contribution in [1.82, 2.24) is 15.0 Å². The Hall–Kier alpha value is -2.05. The first-order valence-electron chi connectivity index (χ1n) is 7.70. The van der Waals surface area contributed by atoms with E-state index in [4.69, 9.17) is 9.26 Å². The number of hydrogen-bond acceptors (Lipinski definition) is 5. The number of amides is 2. The average molecular weight is 307 g/mol. The molecule has 120 valence electrons. The number of cyclic esters (lactones) is 1. The van der Waals surface area contributed by atoms with Gasteiger partial charge in [0.2, 0.25) is 5.91 Å². The van der Waals surface area contributed by atoms with E-state index in [0.29, 0.717) is 25.4 Å². The molecule has 2 aliphatic rings. The second kappa shape index (κ2) is 5.98. The average Bonchev–Trinajstić information content (AvgIpc) is 3.04. The van der Waals surface area contributed by atoms with Crippen LogP contribution in [-0.4, -0.2) is 58.7 Å². The molecule has 0 radical (unpaired) electrons. The van der Waals surface area contributed by atoms with E-state index in [-0.39, 0.29) is 30.6 Å². The highest BCUT2D eigenvalue weighted by Gasteiger charge is 2.36. The lowest BCUT2D eigenvalue weighted by molar-refractivity contribution is -0.132. The van der Waals surface area contributed by atoms with Crippen molar-refractivity contribution in [3.63, 3.8) is 0 Å². The van der Waals surface area contributed by atoms with Gasteiger partial charge in [-0.05, 0) is 26.7 Å². The fraction of sp³-hybridized carbons (Fsp3) is 0.667. The maximum atomic E-state index is 12.3. The van der Waals surface area contributed by atoms with E-state index in [1.165, 1.54) is 0 Å². The highest BCUT2D eigenvalue weighted by molar-refractivity contribution is 5.78. The summed E-state index contributed by atoms with van der Waals surface area (Å²) < 4.78 is 10.3. The molecule has 2 fully saturated rings. The van der Waals surface area contributed by atoms with Crippen molar-refractivity contribution >= 4 is 12.0 Å². The number of piperidine rings is 1. The molecule has 1 unspecified atom stereocenters. The van der Waals surface area contributed by atoms with Gasteiger partial charge in [0.1, 0.15) is 11.9 Å². The minimum Gasteiger partial charge on any atom is -0.444 e. The lowest BCUT2D eigenvalue weighted by Crippen LogP contribution is -2.47. The zero-order valence-electron chi connectivity index (χ0n) is 12.9. The third-order valence-electron chi connectivity index (χ3n) is 4.25. The van der Waals surface area contributed by atoms with Gasteiger partial charge in [0.15, 0.2) is 0 Å². The van der Waals surface area contributed by atoms with Crippen LogP contribution in [0.15, 0.2) is 10.6 Å². The largest absolute Gasteiger partial charge is 0.444 e. The molecule has 0 spiro atoms. The molecule has 1 aromatic heterocycles. The van der Waals surface area contributed by atoms with Crippen LogP contribution in [0, 0.1) is 6.92 Å². The molecule has 1 aromatic rings. The van der Waals surface area contributed by atoms with Crippen molar-refractivity contribution in [3.05, 3.63) is 17.5 Å². The van der Waals surface area contributed by atoms with E-state index in [0.717, 1.165) is 18.5 Å². The number of rotatable bonds is 3. The molecule has 0 saturated carbocycles. The molecule has 2 aliphatic heterocycles. The van der Waals surface area contributed by atoms with E-state index in [1.807, 2.05) is 18.7 Å². The van der Waals surface area contributed by atoms with Crippen LogP contribution < -0.4 is 0 Å². The maximum absolute atomic E-state index is 12.3. The predicted octanol–water partition coefficient (Wildman–Crippen LogP) is 1.36. The molecular weight excluding hydrogens is 286 g/mol. The number of likely N-dealkylation sites (tertiary alicyclic amines) is 1. The lowest BCUT2D eigenvalue weighted by atomic mass is 10.0. The molecule has 2 amide bonds. The fourth-order valence-electron chi connectivity index (χ4n) is 3.11. The van der Waals surface area contributed by atoms with Crippen molar-refractivity contribution < 1.29 is 18.8 Å². The molecule has 3 rings (SSSR count). The number of hydrogen-bond donors (Lipinski definition) is 0. The summed E-state index contributed by atoms with van der Waals surface area (Å²) in [6, 6.07) is 1.96. The third-order valence-corrected chi connectivity index (χ3v) is 4.25. The predicted molar refractivity (Wildman–Crippen MR) is 77.2 cm³/mol. The zero-order valence-corrected chi connectivity index (χ0v) is 12.9. The molecule has 7 nitrogen and oxygen atoms in total. The highest BCUT2D eigenvalue weighted by atomic mass is 16.6. The van der Waals surface area contributed by atoms with Gasteiger partial charge >= 0.3 is 6.09 Å². The number of ether oxygens (including phenoxy) is 1. The molecule has 0 bridgehead atoms. The quantitative estimate of drug-likeness (QED) is 0.842. The van der Waals surface area contributed by atoms with E-state index < -0.39 is 0 Å². The van der Waals surface area contributed by atoms with E-state index in [2.05, 4.69) is 5.16 Å². The van der Waals surface area contributed by atoms with Crippen LogP contribution in [0.4, 0.5) is 4.79 Å². The molecule has 0 N–H and O–H groups in total. The van der Waals surface area contributed by atoms with Crippen molar-refractivity contribution in [1.29, 1.82) is 0 Å². The van der Waals surface area contributed by atoms with Gasteiger partial charge in [0.25, 0.3) is 0 Å². The SMILES string of the molecule is Cc1cc(CC(=O)N2CCC(N3CC(C)OC3=O)CC2)on1. The Balaban J connectivity index is 1.51. The van der Waals surface area contributed by atoms with Crippen molar-refractivity contribution in [2.45, 2.75) is 45.3 Å². The first-order chi connectivity index (χ1) is 10.5. The van der Waals surface area contributed by atoms with Crippen LogP contribution in [0.3, 0.4) is 0 Å². The van der Waals surface area contributed by atoms with E-state index in [9.17, 15) is 9.59 Å². The minimum absolute atomic E-state index is 0.0400. The van der Waals surface area contributed by atoms with Crippen molar-refractivity contribution in [2.24, 2.45) is 0 Å². The highest BCUT2D eigenvalue weighted by Crippen LogP contribution is 2.22. The van der Waals surface area contributed by atoms with E-state index >= 15 is 0 Å². The number of carbonyl (C=O) groups is 2. The van der Waals surface area contributed by atoms with Gasteiger partial charge in [-0.1, -0.05) is 5.16 Å².